The topological polar surface area (TPSA) is 100.0 Å². The summed E-state index contributed by atoms with van der Waals surface area (Å²) in [6.07, 6.45) is 12.5. The first-order chi connectivity index (χ1) is 15.9. The van der Waals surface area contributed by atoms with Crippen LogP contribution in [0.25, 0.3) is 12.2 Å². The molecule has 172 valence electrons. The first-order valence-corrected chi connectivity index (χ1v) is 11.2. The molecule has 1 aromatic carbocycles. The molecule has 0 radical (unpaired) electrons. The van der Waals surface area contributed by atoms with Crippen LogP contribution in [0.2, 0.25) is 0 Å². The average molecular weight is 449 g/mol. The van der Waals surface area contributed by atoms with Crippen LogP contribution in [0.5, 0.6) is 0 Å². The largest absolute Gasteiger partial charge is 0.478 e. The number of ether oxygens (including phenoxy) is 1. The molecule has 0 spiro atoms. The van der Waals surface area contributed by atoms with Gasteiger partial charge in [-0.15, -0.1) is 0 Å². The number of carboxylic acids is 2. The van der Waals surface area contributed by atoms with E-state index >= 15 is 0 Å². The first kappa shape index (κ1) is 22.9. The van der Waals surface area contributed by atoms with E-state index in [0.29, 0.717) is 30.3 Å². The molecule has 4 atom stereocenters. The Kier molecular flexibility index (Phi) is 7.01. The number of aromatic nitrogens is 1. The van der Waals surface area contributed by atoms with Gasteiger partial charge in [-0.2, -0.15) is 0 Å². The van der Waals surface area contributed by atoms with Gasteiger partial charge >= 0.3 is 11.9 Å². The van der Waals surface area contributed by atoms with E-state index in [0.717, 1.165) is 18.5 Å². The molecule has 2 aromatic rings. The number of carboxylic acid groups (broad SMARTS) is 2. The maximum atomic E-state index is 9.55. The number of pyridine rings is 1. The zero-order valence-electron chi connectivity index (χ0n) is 18.5. The fourth-order valence-corrected chi connectivity index (χ4v) is 4.98. The third kappa shape index (κ3) is 5.38. The van der Waals surface area contributed by atoms with Crippen LogP contribution in [0.4, 0.5) is 0 Å². The van der Waals surface area contributed by atoms with Gasteiger partial charge in [0.25, 0.3) is 0 Å². The van der Waals surface area contributed by atoms with Gasteiger partial charge in [-0.05, 0) is 56.0 Å². The van der Waals surface area contributed by atoms with E-state index in [9.17, 15) is 9.59 Å². The van der Waals surface area contributed by atoms with Gasteiger partial charge in [-0.3, -0.25) is 4.98 Å². The highest BCUT2D eigenvalue weighted by Gasteiger charge is 2.40. The summed E-state index contributed by atoms with van der Waals surface area (Å²) in [7, 11) is 2.28. The molecule has 0 amide bonds. The Morgan fingerprint density at radius 2 is 1.61 bits per heavy atom. The molecular weight excluding hydrogens is 420 g/mol. The van der Waals surface area contributed by atoms with Crippen LogP contribution in [-0.2, 0) is 14.3 Å². The van der Waals surface area contributed by atoms with E-state index < -0.39 is 11.9 Å². The van der Waals surface area contributed by atoms with Crippen molar-refractivity contribution in [1.82, 2.24) is 9.88 Å². The predicted molar refractivity (Wildman–Crippen MR) is 125 cm³/mol. The Hall–Kier alpha value is -3.29. The lowest BCUT2D eigenvalue weighted by atomic mass is 9.96. The molecule has 1 aliphatic carbocycles. The smallest absolute Gasteiger partial charge is 0.328 e. The fraction of sp³-hybridized carbons (Fsp3) is 0.346. The fourth-order valence-electron chi connectivity index (χ4n) is 4.98. The molecule has 2 aliphatic heterocycles. The van der Waals surface area contributed by atoms with E-state index in [4.69, 9.17) is 14.9 Å². The van der Waals surface area contributed by atoms with E-state index in [1.807, 2.05) is 12.3 Å². The number of benzene rings is 1. The minimum Gasteiger partial charge on any atom is -0.478 e. The second-order valence-corrected chi connectivity index (χ2v) is 8.61. The quantitative estimate of drug-likeness (QED) is 0.682. The van der Waals surface area contributed by atoms with Crippen molar-refractivity contribution in [3.63, 3.8) is 0 Å². The average Bonchev–Trinajstić information content (AvgIpc) is 2.97. The van der Waals surface area contributed by atoms with Gasteiger partial charge in [0.2, 0.25) is 0 Å². The highest BCUT2D eigenvalue weighted by Crippen LogP contribution is 2.41. The summed E-state index contributed by atoms with van der Waals surface area (Å²) < 4.78 is 6.79. The minimum absolute atomic E-state index is 0.0253. The summed E-state index contributed by atoms with van der Waals surface area (Å²) in [4.78, 5) is 26.3. The number of rotatable bonds is 4. The predicted octanol–water partition coefficient (Wildman–Crippen LogP) is 4.01. The second-order valence-electron chi connectivity index (χ2n) is 8.61. The molecule has 7 nitrogen and oxygen atoms in total. The Labute approximate surface area is 193 Å². The molecule has 2 unspecified atom stereocenters. The molecule has 2 fully saturated rings. The standard InChI is InChI=1S/C22H24N2O.C4H4O4/c1-24-16-9-10-17(24)14-18(13-16)25-22-19-6-3-2-5-15(19)8-11-21-20(22)7-4-12-23-21;5-3(6)1-2-4(7)8/h2-8,11-12,16-18,22H,9-10,13-14H2,1H3;1-2H,(H,5,6)(H,7,8)/t16-,17+,18?,22?;. The summed E-state index contributed by atoms with van der Waals surface area (Å²) in [6.45, 7) is 0. The minimum atomic E-state index is -1.26. The molecular formula is C26H28N2O5. The van der Waals surface area contributed by atoms with Gasteiger partial charge in [0, 0.05) is 36.0 Å². The second kappa shape index (κ2) is 10.1. The maximum Gasteiger partial charge on any atom is 0.328 e. The third-order valence-electron chi connectivity index (χ3n) is 6.60. The molecule has 7 heteroatoms. The Morgan fingerprint density at radius 3 is 2.27 bits per heavy atom. The van der Waals surface area contributed by atoms with E-state index in [1.54, 1.807) is 0 Å². The van der Waals surface area contributed by atoms with Crippen LogP contribution in [0.3, 0.4) is 0 Å². The van der Waals surface area contributed by atoms with Crippen molar-refractivity contribution in [3.8, 4) is 0 Å². The van der Waals surface area contributed by atoms with Gasteiger partial charge < -0.3 is 19.8 Å². The van der Waals surface area contributed by atoms with E-state index in [1.165, 1.54) is 29.5 Å². The maximum absolute atomic E-state index is 9.55. The SMILES string of the molecule is CN1[C@@H]2CC[C@H]1CC(OC1c3ccccc3C=Cc3ncccc31)C2.O=C(O)C=CC(=O)O. The number of piperidine rings is 1. The molecule has 3 heterocycles. The zero-order valence-corrected chi connectivity index (χ0v) is 18.5. The van der Waals surface area contributed by atoms with Crippen LogP contribution in [0.1, 0.15) is 54.2 Å². The molecule has 2 bridgehead atoms. The summed E-state index contributed by atoms with van der Waals surface area (Å²) in [5.41, 5.74) is 4.72. The van der Waals surface area contributed by atoms with Gasteiger partial charge in [0.15, 0.2) is 0 Å². The van der Waals surface area contributed by atoms with Crippen molar-refractivity contribution in [3.05, 3.63) is 77.1 Å². The van der Waals surface area contributed by atoms with Crippen molar-refractivity contribution in [2.75, 3.05) is 7.05 Å². The number of carbonyl (C=O) groups is 2. The van der Waals surface area contributed by atoms with Crippen molar-refractivity contribution in [2.24, 2.45) is 0 Å². The molecule has 5 rings (SSSR count). The highest BCUT2D eigenvalue weighted by atomic mass is 16.5. The Morgan fingerprint density at radius 1 is 0.970 bits per heavy atom. The monoisotopic (exact) mass is 448 g/mol. The summed E-state index contributed by atoms with van der Waals surface area (Å²) >= 11 is 0. The zero-order chi connectivity index (χ0) is 23.4. The summed E-state index contributed by atoms with van der Waals surface area (Å²) in [5.74, 6) is -2.51. The van der Waals surface area contributed by atoms with Crippen molar-refractivity contribution < 1.29 is 24.5 Å². The van der Waals surface area contributed by atoms with Crippen LogP contribution in [0.15, 0.2) is 54.7 Å². The van der Waals surface area contributed by atoms with Crippen molar-refractivity contribution in [2.45, 2.75) is 50.0 Å². The van der Waals surface area contributed by atoms with Crippen LogP contribution in [-0.4, -0.2) is 57.3 Å². The lowest BCUT2D eigenvalue weighted by Gasteiger charge is -2.38. The molecule has 3 aliphatic rings. The normalized spacial score (nSPS) is 25.5. The lowest BCUT2D eigenvalue weighted by molar-refractivity contribution is -0.134. The molecule has 2 N–H and O–H groups in total. The van der Waals surface area contributed by atoms with Gasteiger partial charge in [0.1, 0.15) is 6.10 Å². The summed E-state index contributed by atoms with van der Waals surface area (Å²) in [6, 6.07) is 14.2. The van der Waals surface area contributed by atoms with Gasteiger partial charge in [-0.25, -0.2) is 9.59 Å². The van der Waals surface area contributed by atoms with Crippen LogP contribution in [0, 0.1) is 0 Å². The molecule has 2 saturated heterocycles. The number of nitrogens with zero attached hydrogens (tertiary/aromatic N) is 2. The Balaban J connectivity index is 0.000000281. The van der Waals surface area contributed by atoms with E-state index in [-0.39, 0.29) is 6.10 Å². The van der Waals surface area contributed by atoms with Gasteiger partial charge in [0.05, 0.1) is 11.8 Å². The third-order valence-corrected chi connectivity index (χ3v) is 6.60. The Bertz CT molecular complexity index is 1000. The van der Waals surface area contributed by atoms with Crippen molar-refractivity contribution in [1.29, 1.82) is 0 Å². The van der Waals surface area contributed by atoms with Gasteiger partial charge in [-0.1, -0.05) is 36.4 Å². The number of hydrogen-bond donors (Lipinski definition) is 2. The molecule has 0 saturated carbocycles. The van der Waals surface area contributed by atoms with Crippen LogP contribution >= 0.6 is 0 Å². The number of aliphatic carboxylic acids is 2. The van der Waals surface area contributed by atoms with Crippen molar-refractivity contribution >= 4 is 24.1 Å². The summed E-state index contributed by atoms with van der Waals surface area (Å²) in [5, 5.41) is 15.6. The molecule has 33 heavy (non-hydrogen) atoms. The molecule has 1 aromatic heterocycles. The highest BCUT2D eigenvalue weighted by molar-refractivity contribution is 5.89. The number of hydrogen-bond acceptors (Lipinski definition) is 5. The first-order valence-electron chi connectivity index (χ1n) is 11.2. The number of fused-ring (bicyclic) bond motifs is 4. The lowest BCUT2D eigenvalue weighted by Crippen LogP contribution is -2.43. The van der Waals surface area contributed by atoms with E-state index in [2.05, 4.69) is 59.4 Å². The van der Waals surface area contributed by atoms with Crippen LogP contribution < -0.4 is 0 Å².